The Morgan fingerprint density at radius 3 is 2.22 bits per heavy atom. The van der Waals surface area contributed by atoms with E-state index in [4.69, 9.17) is 5.73 Å². The molecule has 2 N–H and O–H groups in total. The van der Waals surface area contributed by atoms with Crippen LogP contribution in [0.3, 0.4) is 0 Å². The maximum Gasteiger partial charge on any atom is 0.0364 e. The fourth-order valence-corrected chi connectivity index (χ4v) is 2.69. The molecule has 3 heteroatoms. The van der Waals surface area contributed by atoms with E-state index in [1.165, 1.54) is 10.6 Å². The summed E-state index contributed by atoms with van der Waals surface area (Å²) < 4.78 is 0. The molecule has 0 atom stereocenters. The molecule has 0 saturated heterocycles. The van der Waals surface area contributed by atoms with Crippen molar-refractivity contribution in [3.05, 3.63) is 24.3 Å². The molecule has 102 valence electrons. The van der Waals surface area contributed by atoms with Crippen LogP contribution in [-0.4, -0.2) is 25.4 Å². The van der Waals surface area contributed by atoms with Crippen molar-refractivity contribution in [1.82, 2.24) is 0 Å². The van der Waals surface area contributed by atoms with Crippen LogP contribution in [-0.2, 0) is 0 Å². The highest BCUT2D eigenvalue weighted by Crippen LogP contribution is 2.26. The van der Waals surface area contributed by atoms with Gasteiger partial charge in [0, 0.05) is 29.4 Å². The summed E-state index contributed by atoms with van der Waals surface area (Å²) >= 11 is 1.90. The van der Waals surface area contributed by atoms with Crippen LogP contribution >= 0.6 is 11.8 Å². The summed E-state index contributed by atoms with van der Waals surface area (Å²) in [5.41, 5.74) is 7.19. The first-order valence-electron chi connectivity index (χ1n) is 6.52. The first-order chi connectivity index (χ1) is 8.34. The molecule has 0 amide bonds. The van der Waals surface area contributed by atoms with Gasteiger partial charge in [-0.1, -0.05) is 27.7 Å². The van der Waals surface area contributed by atoms with Crippen molar-refractivity contribution in [3.8, 4) is 0 Å². The van der Waals surface area contributed by atoms with E-state index in [0.717, 1.165) is 6.54 Å². The molecule has 0 fully saturated rings. The lowest BCUT2D eigenvalue weighted by Crippen LogP contribution is -2.36. The second kappa shape index (κ2) is 6.48. The average Bonchev–Trinajstić information content (AvgIpc) is 2.28. The van der Waals surface area contributed by atoms with Crippen LogP contribution in [0.5, 0.6) is 0 Å². The van der Waals surface area contributed by atoms with E-state index in [1.807, 2.05) is 11.8 Å². The van der Waals surface area contributed by atoms with E-state index < -0.39 is 0 Å². The van der Waals surface area contributed by atoms with Crippen molar-refractivity contribution in [2.75, 3.05) is 25.0 Å². The zero-order chi connectivity index (χ0) is 13.8. The summed E-state index contributed by atoms with van der Waals surface area (Å²) in [7, 11) is 2.13. The number of nitrogens with two attached hydrogens (primary N) is 1. The van der Waals surface area contributed by atoms with Gasteiger partial charge in [-0.05, 0) is 36.2 Å². The predicted molar refractivity (Wildman–Crippen MR) is 83.5 cm³/mol. The molecule has 1 aromatic rings. The lowest BCUT2D eigenvalue weighted by Gasteiger charge is -2.30. The third-order valence-electron chi connectivity index (χ3n) is 2.87. The molecular weight excluding hydrogens is 240 g/mol. The van der Waals surface area contributed by atoms with Gasteiger partial charge in [-0.2, -0.15) is 0 Å². The molecule has 0 radical (unpaired) electrons. The van der Waals surface area contributed by atoms with Gasteiger partial charge in [0.1, 0.15) is 0 Å². The Labute approximate surface area is 116 Å². The quantitative estimate of drug-likeness (QED) is 0.798. The van der Waals surface area contributed by atoms with E-state index in [-0.39, 0.29) is 5.41 Å². The number of rotatable bonds is 6. The number of hydrogen-bond donors (Lipinski definition) is 1. The summed E-state index contributed by atoms with van der Waals surface area (Å²) in [6, 6.07) is 8.78. The molecule has 0 unspecified atom stereocenters. The number of anilines is 1. The topological polar surface area (TPSA) is 29.3 Å². The molecule has 0 saturated carbocycles. The third-order valence-corrected chi connectivity index (χ3v) is 3.88. The minimum Gasteiger partial charge on any atom is -0.374 e. The largest absolute Gasteiger partial charge is 0.374 e. The van der Waals surface area contributed by atoms with Crippen LogP contribution in [0, 0.1) is 5.41 Å². The monoisotopic (exact) mass is 266 g/mol. The summed E-state index contributed by atoms with van der Waals surface area (Å²) in [5, 5.41) is 0.629. The Morgan fingerprint density at radius 1 is 1.22 bits per heavy atom. The van der Waals surface area contributed by atoms with Gasteiger partial charge in [-0.25, -0.2) is 0 Å². The fourth-order valence-electron chi connectivity index (χ4n) is 1.85. The second-order valence-corrected chi connectivity index (χ2v) is 7.53. The summed E-state index contributed by atoms with van der Waals surface area (Å²) in [6.45, 7) is 10.5. The van der Waals surface area contributed by atoms with Crippen LogP contribution in [0.2, 0.25) is 0 Å². The molecule has 0 aliphatic heterocycles. The molecule has 0 bridgehead atoms. The molecule has 0 aliphatic rings. The highest BCUT2D eigenvalue weighted by atomic mass is 32.2. The third kappa shape index (κ3) is 4.91. The second-order valence-electron chi connectivity index (χ2n) is 5.88. The van der Waals surface area contributed by atoms with Gasteiger partial charge in [0.2, 0.25) is 0 Å². The maximum atomic E-state index is 5.78. The lowest BCUT2D eigenvalue weighted by atomic mass is 9.93. The van der Waals surface area contributed by atoms with E-state index in [9.17, 15) is 0 Å². The first kappa shape index (κ1) is 15.4. The summed E-state index contributed by atoms with van der Waals surface area (Å²) in [4.78, 5) is 3.61. The van der Waals surface area contributed by atoms with Crippen LogP contribution in [0.25, 0.3) is 0 Å². The molecule has 0 aromatic heterocycles. The van der Waals surface area contributed by atoms with Crippen molar-refractivity contribution in [1.29, 1.82) is 0 Å². The zero-order valence-electron chi connectivity index (χ0n) is 12.2. The standard InChI is InChI=1S/C15H26N2S/c1-12(2)18-14-8-6-13(7-9-14)17(5)11-15(3,4)10-16/h6-9,12H,10-11,16H2,1-5H3. The van der Waals surface area contributed by atoms with Gasteiger partial charge < -0.3 is 10.6 Å². The summed E-state index contributed by atoms with van der Waals surface area (Å²) in [5.74, 6) is 0. The van der Waals surface area contributed by atoms with Crippen molar-refractivity contribution in [2.24, 2.45) is 11.1 Å². The van der Waals surface area contributed by atoms with Gasteiger partial charge >= 0.3 is 0 Å². The maximum absolute atomic E-state index is 5.78. The molecule has 18 heavy (non-hydrogen) atoms. The van der Waals surface area contributed by atoms with Gasteiger partial charge in [0.15, 0.2) is 0 Å². The van der Waals surface area contributed by atoms with E-state index >= 15 is 0 Å². The van der Waals surface area contributed by atoms with Crippen molar-refractivity contribution >= 4 is 17.4 Å². The molecule has 0 spiro atoms. The van der Waals surface area contributed by atoms with Gasteiger partial charge in [-0.15, -0.1) is 11.8 Å². The van der Waals surface area contributed by atoms with Crippen molar-refractivity contribution in [3.63, 3.8) is 0 Å². The number of thioether (sulfide) groups is 1. The zero-order valence-corrected chi connectivity index (χ0v) is 13.1. The van der Waals surface area contributed by atoms with E-state index in [1.54, 1.807) is 0 Å². The van der Waals surface area contributed by atoms with Crippen LogP contribution in [0.15, 0.2) is 29.2 Å². The molecule has 1 rings (SSSR count). The Balaban J connectivity index is 2.67. The van der Waals surface area contributed by atoms with E-state index in [0.29, 0.717) is 11.8 Å². The minimum atomic E-state index is 0.153. The highest BCUT2D eigenvalue weighted by molar-refractivity contribution is 7.99. The van der Waals surface area contributed by atoms with Crippen LogP contribution < -0.4 is 10.6 Å². The Hall–Kier alpha value is -0.670. The smallest absolute Gasteiger partial charge is 0.0364 e. The number of nitrogens with zero attached hydrogens (tertiary/aromatic N) is 1. The Kier molecular flexibility index (Phi) is 5.54. The van der Waals surface area contributed by atoms with Crippen molar-refractivity contribution in [2.45, 2.75) is 37.8 Å². The molecule has 0 aliphatic carbocycles. The summed E-state index contributed by atoms with van der Waals surface area (Å²) in [6.07, 6.45) is 0. The van der Waals surface area contributed by atoms with Crippen LogP contribution in [0.1, 0.15) is 27.7 Å². The lowest BCUT2D eigenvalue weighted by molar-refractivity contribution is 0.385. The Morgan fingerprint density at radius 2 is 1.78 bits per heavy atom. The predicted octanol–water partition coefficient (Wildman–Crippen LogP) is 3.61. The molecular formula is C15H26N2S. The Bertz CT molecular complexity index is 357. The SMILES string of the molecule is CC(C)Sc1ccc(N(C)CC(C)(C)CN)cc1. The van der Waals surface area contributed by atoms with Gasteiger partial charge in [-0.3, -0.25) is 0 Å². The minimum absolute atomic E-state index is 0.153. The first-order valence-corrected chi connectivity index (χ1v) is 7.40. The number of benzene rings is 1. The number of hydrogen-bond acceptors (Lipinski definition) is 3. The highest BCUT2D eigenvalue weighted by Gasteiger charge is 2.18. The molecule has 0 heterocycles. The van der Waals surface area contributed by atoms with E-state index in [2.05, 4.69) is 63.9 Å². The fraction of sp³-hybridized carbons (Fsp3) is 0.600. The average molecular weight is 266 g/mol. The van der Waals surface area contributed by atoms with Gasteiger partial charge in [0.05, 0.1) is 0 Å². The van der Waals surface area contributed by atoms with Gasteiger partial charge in [0.25, 0.3) is 0 Å². The normalized spacial score (nSPS) is 11.9. The van der Waals surface area contributed by atoms with Crippen LogP contribution in [0.4, 0.5) is 5.69 Å². The van der Waals surface area contributed by atoms with Crippen molar-refractivity contribution < 1.29 is 0 Å². The molecule has 1 aromatic carbocycles. The molecule has 2 nitrogen and oxygen atoms in total.